The highest BCUT2D eigenvalue weighted by Crippen LogP contribution is 2.27. The Kier molecular flexibility index (Phi) is 4.09. The van der Waals surface area contributed by atoms with Gasteiger partial charge in [0.15, 0.2) is 0 Å². The zero-order valence-electron chi connectivity index (χ0n) is 9.31. The summed E-state index contributed by atoms with van der Waals surface area (Å²) in [7, 11) is 0. The van der Waals surface area contributed by atoms with Gasteiger partial charge >= 0.3 is 5.97 Å². The lowest BCUT2D eigenvalue weighted by Gasteiger charge is -2.09. The Bertz CT molecular complexity index is 654. The molecule has 2 rings (SSSR count). The van der Waals surface area contributed by atoms with E-state index in [1.165, 1.54) is 23.5 Å². The highest BCUT2D eigenvalue weighted by Gasteiger charge is 2.18. The number of hydrogen-bond donors (Lipinski definition) is 2. The van der Waals surface area contributed by atoms with Crippen LogP contribution >= 0.6 is 34.5 Å². The fraction of sp³-hybridized carbons (Fsp3) is 0. The zero-order valence-corrected chi connectivity index (χ0v) is 11.6. The summed E-state index contributed by atoms with van der Waals surface area (Å²) in [4.78, 5) is 23.4. The highest BCUT2D eigenvalue weighted by atomic mass is 35.5. The first kappa shape index (κ1) is 13.9. The predicted octanol–water partition coefficient (Wildman–Crippen LogP) is 4.01. The molecule has 7 heteroatoms. The lowest BCUT2D eigenvalue weighted by Crippen LogP contribution is -2.14. The Hall–Kier alpha value is -1.56. The molecule has 19 heavy (non-hydrogen) atoms. The summed E-state index contributed by atoms with van der Waals surface area (Å²) < 4.78 is 0. The van der Waals surface area contributed by atoms with E-state index in [1.807, 2.05) is 0 Å². The summed E-state index contributed by atoms with van der Waals surface area (Å²) in [6.45, 7) is 0. The SMILES string of the molecule is O=C(Nc1cccc(Cl)c1C(=O)O)c1sccc1Cl. The van der Waals surface area contributed by atoms with Crippen molar-refractivity contribution in [3.05, 3.63) is 50.1 Å². The summed E-state index contributed by atoms with van der Waals surface area (Å²) in [6, 6.07) is 6.06. The van der Waals surface area contributed by atoms with E-state index in [-0.39, 0.29) is 16.3 Å². The number of carbonyl (C=O) groups excluding carboxylic acids is 1. The van der Waals surface area contributed by atoms with Gasteiger partial charge < -0.3 is 10.4 Å². The number of aromatic carboxylic acids is 1. The molecular formula is C12H7Cl2NO3S. The molecule has 1 aromatic carbocycles. The van der Waals surface area contributed by atoms with Crippen LogP contribution in [-0.2, 0) is 0 Å². The number of benzene rings is 1. The molecule has 0 radical (unpaired) electrons. The number of amides is 1. The van der Waals surface area contributed by atoms with Crippen molar-refractivity contribution >= 4 is 52.1 Å². The molecule has 2 aromatic rings. The number of halogens is 2. The van der Waals surface area contributed by atoms with E-state index >= 15 is 0 Å². The molecule has 0 spiro atoms. The fourth-order valence-electron chi connectivity index (χ4n) is 1.48. The number of carboxylic acids is 1. The Labute approximate surface area is 122 Å². The van der Waals surface area contributed by atoms with E-state index in [4.69, 9.17) is 28.3 Å². The van der Waals surface area contributed by atoms with Crippen molar-refractivity contribution in [2.24, 2.45) is 0 Å². The molecule has 1 heterocycles. The molecule has 0 saturated heterocycles. The van der Waals surface area contributed by atoms with E-state index < -0.39 is 11.9 Å². The number of nitrogens with one attached hydrogen (secondary N) is 1. The van der Waals surface area contributed by atoms with Crippen molar-refractivity contribution in [3.63, 3.8) is 0 Å². The minimum atomic E-state index is -1.21. The van der Waals surface area contributed by atoms with Crippen LogP contribution < -0.4 is 5.32 Å². The van der Waals surface area contributed by atoms with Crippen molar-refractivity contribution in [1.82, 2.24) is 0 Å². The quantitative estimate of drug-likeness (QED) is 0.899. The fourth-order valence-corrected chi connectivity index (χ4v) is 2.77. The van der Waals surface area contributed by atoms with Crippen LogP contribution in [0.5, 0.6) is 0 Å². The van der Waals surface area contributed by atoms with Crippen LogP contribution in [0.4, 0.5) is 5.69 Å². The molecule has 2 N–H and O–H groups in total. The van der Waals surface area contributed by atoms with Gasteiger partial charge in [0.05, 0.1) is 15.7 Å². The molecule has 4 nitrogen and oxygen atoms in total. The van der Waals surface area contributed by atoms with E-state index in [1.54, 1.807) is 17.5 Å². The first-order chi connectivity index (χ1) is 9.00. The van der Waals surface area contributed by atoms with Crippen LogP contribution in [0.15, 0.2) is 29.6 Å². The van der Waals surface area contributed by atoms with E-state index in [2.05, 4.69) is 5.32 Å². The monoisotopic (exact) mass is 315 g/mol. The lowest BCUT2D eigenvalue weighted by molar-refractivity contribution is 0.0698. The first-order valence-electron chi connectivity index (χ1n) is 5.07. The lowest BCUT2D eigenvalue weighted by atomic mass is 10.1. The van der Waals surface area contributed by atoms with Crippen molar-refractivity contribution < 1.29 is 14.7 Å². The standard InChI is InChI=1S/C12H7Cl2NO3S/c13-6-2-1-3-8(9(6)12(17)18)15-11(16)10-7(14)4-5-19-10/h1-5H,(H,15,16)(H,17,18). The summed E-state index contributed by atoms with van der Waals surface area (Å²) in [5.41, 5.74) is -0.0142. The largest absolute Gasteiger partial charge is 0.478 e. The topological polar surface area (TPSA) is 66.4 Å². The molecule has 0 aliphatic rings. The van der Waals surface area contributed by atoms with Gasteiger partial charge in [-0.15, -0.1) is 11.3 Å². The van der Waals surface area contributed by atoms with Crippen LogP contribution in [0.1, 0.15) is 20.0 Å². The molecule has 0 aliphatic heterocycles. The van der Waals surface area contributed by atoms with Crippen molar-refractivity contribution in [1.29, 1.82) is 0 Å². The van der Waals surface area contributed by atoms with Gasteiger partial charge in [-0.1, -0.05) is 29.3 Å². The van der Waals surface area contributed by atoms with Gasteiger partial charge in [-0.25, -0.2) is 4.79 Å². The van der Waals surface area contributed by atoms with E-state index in [9.17, 15) is 9.59 Å². The highest BCUT2D eigenvalue weighted by molar-refractivity contribution is 7.12. The van der Waals surface area contributed by atoms with Crippen LogP contribution in [0.3, 0.4) is 0 Å². The average molecular weight is 316 g/mol. The van der Waals surface area contributed by atoms with Crippen LogP contribution in [-0.4, -0.2) is 17.0 Å². The van der Waals surface area contributed by atoms with Gasteiger partial charge in [-0.2, -0.15) is 0 Å². The third kappa shape index (κ3) is 2.89. The minimum Gasteiger partial charge on any atom is -0.478 e. The Morgan fingerprint density at radius 3 is 2.47 bits per heavy atom. The van der Waals surface area contributed by atoms with Crippen LogP contribution in [0, 0.1) is 0 Å². The van der Waals surface area contributed by atoms with Gasteiger partial charge in [0.2, 0.25) is 0 Å². The molecular weight excluding hydrogens is 309 g/mol. The summed E-state index contributed by atoms with van der Waals surface area (Å²) in [5, 5.41) is 13.6. The van der Waals surface area contributed by atoms with Gasteiger partial charge in [-0.3, -0.25) is 4.79 Å². The van der Waals surface area contributed by atoms with Gasteiger partial charge in [-0.05, 0) is 23.6 Å². The molecule has 0 saturated carbocycles. The van der Waals surface area contributed by atoms with Crippen molar-refractivity contribution in [2.75, 3.05) is 5.32 Å². The molecule has 0 bridgehead atoms. The average Bonchev–Trinajstić information content (AvgIpc) is 2.75. The number of anilines is 1. The van der Waals surface area contributed by atoms with Crippen LogP contribution in [0.2, 0.25) is 10.0 Å². The van der Waals surface area contributed by atoms with Crippen molar-refractivity contribution in [2.45, 2.75) is 0 Å². The molecule has 0 aliphatic carbocycles. The third-order valence-electron chi connectivity index (χ3n) is 2.30. The number of thiophene rings is 1. The zero-order chi connectivity index (χ0) is 14.0. The molecule has 98 valence electrons. The second-order valence-corrected chi connectivity index (χ2v) is 5.25. The molecule has 1 amide bonds. The van der Waals surface area contributed by atoms with Gasteiger partial charge in [0.1, 0.15) is 10.4 Å². The number of rotatable bonds is 3. The summed E-state index contributed by atoms with van der Waals surface area (Å²) >= 11 is 12.8. The minimum absolute atomic E-state index is 0.0579. The number of hydrogen-bond acceptors (Lipinski definition) is 3. The van der Waals surface area contributed by atoms with Crippen molar-refractivity contribution in [3.8, 4) is 0 Å². The van der Waals surface area contributed by atoms with Gasteiger partial charge in [0.25, 0.3) is 5.91 Å². The second kappa shape index (κ2) is 5.61. The van der Waals surface area contributed by atoms with Crippen LogP contribution in [0.25, 0.3) is 0 Å². The predicted molar refractivity (Wildman–Crippen MR) is 75.7 cm³/mol. The third-order valence-corrected chi connectivity index (χ3v) is 3.95. The summed E-state index contributed by atoms with van der Waals surface area (Å²) in [5.74, 6) is -1.68. The molecule has 0 atom stereocenters. The molecule has 1 aromatic heterocycles. The summed E-state index contributed by atoms with van der Waals surface area (Å²) in [6.07, 6.45) is 0. The normalized spacial score (nSPS) is 10.2. The van der Waals surface area contributed by atoms with Gasteiger partial charge in [0, 0.05) is 0 Å². The maximum absolute atomic E-state index is 12.0. The molecule has 0 fully saturated rings. The smallest absolute Gasteiger partial charge is 0.339 e. The number of carboxylic acid groups (broad SMARTS) is 1. The van der Waals surface area contributed by atoms with E-state index in [0.717, 1.165) is 0 Å². The maximum atomic E-state index is 12.0. The molecule has 0 unspecified atom stereocenters. The first-order valence-corrected chi connectivity index (χ1v) is 6.70. The number of carbonyl (C=O) groups is 2. The maximum Gasteiger partial charge on any atom is 0.339 e. The second-order valence-electron chi connectivity index (χ2n) is 3.52. The Balaban J connectivity index is 2.35. The van der Waals surface area contributed by atoms with E-state index in [0.29, 0.717) is 9.90 Å². The Morgan fingerprint density at radius 2 is 1.89 bits per heavy atom. The Morgan fingerprint density at radius 1 is 1.16 bits per heavy atom.